The van der Waals surface area contributed by atoms with Gasteiger partial charge in [0.1, 0.15) is 0 Å². The molecule has 1 fully saturated rings. The number of rotatable bonds is 6. The summed E-state index contributed by atoms with van der Waals surface area (Å²) in [6.45, 7) is 1.57. The molecule has 23 heavy (non-hydrogen) atoms. The van der Waals surface area contributed by atoms with Crippen molar-refractivity contribution in [1.29, 1.82) is 0 Å². The summed E-state index contributed by atoms with van der Waals surface area (Å²) in [6.07, 6.45) is 3.60. The fraction of sp³-hybridized carbons (Fsp3) is 0.316. The average Bonchev–Trinajstić information content (AvgIpc) is 2.51. The first-order chi connectivity index (χ1) is 11.1. The van der Waals surface area contributed by atoms with Crippen LogP contribution in [0.15, 0.2) is 48.5 Å². The molecule has 2 aromatic carbocycles. The van der Waals surface area contributed by atoms with Crippen LogP contribution in [0.25, 0.3) is 0 Å². The minimum absolute atomic E-state index is 0.189. The van der Waals surface area contributed by atoms with Crippen molar-refractivity contribution in [2.45, 2.75) is 31.2 Å². The van der Waals surface area contributed by atoms with Crippen LogP contribution in [0.1, 0.15) is 40.7 Å². The highest BCUT2D eigenvalue weighted by atomic mass is 35.5. The van der Waals surface area contributed by atoms with Crippen LogP contribution in [0.4, 0.5) is 0 Å². The van der Waals surface area contributed by atoms with Crippen LogP contribution in [0.5, 0.6) is 0 Å². The number of carboxylic acid groups (broad SMARTS) is 1. The monoisotopic (exact) mass is 329 g/mol. The molecule has 4 heteroatoms. The quantitative estimate of drug-likeness (QED) is 0.833. The lowest BCUT2D eigenvalue weighted by molar-refractivity contribution is 0.0696. The molecule has 120 valence electrons. The topological polar surface area (TPSA) is 49.3 Å². The lowest BCUT2D eigenvalue weighted by Gasteiger charge is -2.43. The minimum Gasteiger partial charge on any atom is -0.478 e. The van der Waals surface area contributed by atoms with Crippen molar-refractivity contribution in [1.82, 2.24) is 5.32 Å². The summed E-state index contributed by atoms with van der Waals surface area (Å²) in [5.74, 6) is -0.886. The first kappa shape index (κ1) is 16.0. The summed E-state index contributed by atoms with van der Waals surface area (Å²) < 4.78 is 0. The molecule has 0 spiro atoms. The predicted molar refractivity (Wildman–Crippen MR) is 92.1 cm³/mol. The Hall–Kier alpha value is -1.84. The SMILES string of the molecule is O=C(O)c1cccc(CNCC2(c3ccc(Cl)cc3)CCC2)c1. The Bertz CT molecular complexity index is 693. The number of carboxylic acids is 1. The molecule has 0 heterocycles. The Morgan fingerprint density at radius 2 is 1.91 bits per heavy atom. The molecule has 0 radical (unpaired) electrons. The molecule has 0 amide bonds. The third-order valence-corrected chi connectivity index (χ3v) is 4.99. The van der Waals surface area contributed by atoms with Gasteiger partial charge in [0.2, 0.25) is 0 Å². The van der Waals surface area contributed by atoms with Gasteiger partial charge in [-0.25, -0.2) is 4.79 Å². The van der Waals surface area contributed by atoms with Gasteiger partial charge in [0.15, 0.2) is 0 Å². The van der Waals surface area contributed by atoms with Gasteiger partial charge in [-0.05, 0) is 48.2 Å². The summed E-state index contributed by atoms with van der Waals surface area (Å²) in [5, 5.41) is 13.3. The molecule has 0 saturated heterocycles. The lowest BCUT2D eigenvalue weighted by Crippen LogP contribution is -2.43. The van der Waals surface area contributed by atoms with E-state index < -0.39 is 5.97 Å². The molecule has 1 saturated carbocycles. The maximum Gasteiger partial charge on any atom is 0.335 e. The lowest BCUT2D eigenvalue weighted by atomic mass is 9.64. The fourth-order valence-electron chi connectivity index (χ4n) is 3.23. The molecule has 0 atom stereocenters. The van der Waals surface area contributed by atoms with E-state index in [1.807, 2.05) is 18.2 Å². The number of carbonyl (C=O) groups is 1. The molecule has 0 unspecified atom stereocenters. The standard InChI is InChI=1S/C19H20ClNO2/c20-17-7-5-16(6-8-17)19(9-2-10-19)13-21-12-14-3-1-4-15(11-14)18(22)23/h1,3-8,11,21H,2,9-10,12-13H2,(H,22,23). The second-order valence-electron chi connectivity index (χ2n) is 6.25. The van der Waals surface area contributed by atoms with Gasteiger partial charge < -0.3 is 10.4 Å². The van der Waals surface area contributed by atoms with Gasteiger partial charge in [-0.15, -0.1) is 0 Å². The van der Waals surface area contributed by atoms with Crippen molar-refractivity contribution < 1.29 is 9.90 Å². The van der Waals surface area contributed by atoms with E-state index in [4.69, 9.17) is 16.7 Å². The van der Waals surface area contributed by atoms with E-state index in [0.29, 0.717) is 12.1 Å². The van der Waals surface area contributed by atoms with Crippen molar-refractivity contribution in [3.8, 4) is 0 Å². The van der Waals surface area contributed by atoms with Gasteiger partial charge in [-0.2, -0.15) is 0 Å². The van der Waals surface area contributed by atoms with Crippen molar-refractivity contribution in [3.05, 3.63) is 70.2 Å². The number of hydrogen-bond acceptors (Lipinski definition) is 2. The van der Waals surface area contributed by atoms with Gasteiger partial charge in [-0.3, -0.25) is 0 Å². The molecule has 0 aromatic heterocycles. The molecule has 1 aliphatic rings. The maximum atomic E-state index is 11.0. The Morgan fingerprint density at radius 1 is 1.17 bits per heavy atom. The van der Waals surface area contributed by atoms with E-state index in [0.717, 1.165) is 17.1 Å². The third kappa shape index (κ3) is 3.57. The fourth-order valence-corrected chi connectivity index (χ4v) is 3.36. The summed E-state index contributed by atoms with van der Waals surface area (Å²) in [7, 11) is 0. The number of nitrogens with one attached hydrogen (secondary N) is 1. The van der Waals surface area contributed by atoms with Crippen LogP contribution in [-0.4, -0.2) is 17.6 Å². The highest BCUT2D eigenvalue weighted by Gasteiger charge is 2.38. The van der Waals surface area contributed by atoms with Gasteiger partial charge in [0.05, 0.1) is 5.56 Å². The number of benzene rings is 2. The van der Waals surface area contributed by atoms with Crippen LogP contribution in [0.2, 0.25) is 5.02 Å². The largest absolute Gasteiger partial charge is 0.478 e. The zero-order chi connectivity index (χ0) is 16.3. The van der Waals surface area contributed by atoms with E-state index >= 15 is 0 Å². The van der Waals surface area contributed by atoms with Crippen LogP contribution in [0.3, 0.4) is 0 Å². The van der Waals surface area contributed by atoms with Crippen molar-refractivity contribution in [2.75, 3.05) is 6.54 Å². The second kappa shape index (κ2) is 6.73. The maximum absolute atomic E-state index is 11.0. The normalized spacial score (nSPS) is 15.9. The molecular weight excluding hydrogens is 310 g/mol. The third-order valence-electron chi connectivity index (χ3n) is 4.73. The number of aromatic carboxylic acids is 1. The summed E-state index contributed by atoms with van der Waals surface area (Å²) in [4.78, 5) is 11.0. The number of hydrogen-bond donors (Lipinski definition) is 2. The predicted octanol–water partition coefficient (Wildman–Crippen LogP) is 4.25. The molecule has 3 rings (SSSR count). The first-order valence-electron chi connectivity index (χ1n) is 7.88. The first-order valence-corrected chi connectivity index (χ1v) is 8.26. The van der Waals surface area contributed by atoms with E-state index in [1.165, 1.54) is 24.8 Å². The Morgan fingerprint density at radius 3 is 2.52 bits per heavy atom. The molecule has 1 aliphatic carbocycles. The highest BCUT2D eigenvalue weighted by molar-refractivity contribution is 6.30. The minimum atomic E-state index is -0.886. The second-order valence-corrected chi connectivity index (χ2v) is 6.69. The van der Waals surface area contributed by atoms with Gasteiger partial charge in [-0.1, -0.05) is 42.3 Å². The molecular formula is C19H20ClNO2. The Kier molecular flexibility index (Phi) is 4.69. The average molecular weight is 330 g/mol. The zero-order valence-corrected chi connectivity index (χ0v) is 13.6. The zero-order valence-electron chi connectivity index (χ0n) is 12.9. The molecule has 0 bridgehead atoms. The van der Waals surface area contributed by atoms with Crippen LogP contribution in [-0.2, 0) is 12.0 Å². The summed E-state index contributed by atoms with van der Waals surface area (Å²) in [6, 6.07) is 15.2. The van der Waals surface area contributed by atoms with Crippen molar-refractivity contribution in [3.63, 3.8) is 0 Å². The van der Waals surface area contributed by atoms with E-state index in [1.54, 1.807) is 18.2 Å². The van der Waals surface area contributed by atoms with Crippen LogP contribution < -0.4 is 5.32 Å². The molecule has 3 nitrogen and oxygen atoms in total. The van der Waals surface area contributed by atoms with Gasteiger partial charge >= 0.3 is 5.97 Å². The van der Waals surface area contributed by atoms with Crippen molar-refractivity contribution in [2.24, 2.45) is 0 Å². The van der Waals surface area contributed by atoms with Gasteiger partial charge in [0, 0.05) is 23.5 Å². The Balaban J connectivity index is 1.64. The molecule has 2 N–H and O–H groups in total. The molecule has 0 aliphatic heterocycles. The molecule has 2 aromatic rings. The number of halogens is 1. The van der Waals surface area contributed by atoms with Gasteiger partial charge in [0.25, 0.3) is 0 Å². The van der Waals surface area contributed by atoms with Crippen molar-refractivity contribution >= 4 is 17.6 Å². The van der Waals surface area contributed by atoms with E-state index in [9.17, 15) is 4.79 Å². The Labute approximate surface area is 141 Å². The van der Waals surface area contributed by atoms with Crippen LogP contribution in [0, 0.1) is 0 Å². The van der Waals surface area contributed by atoms with Crippen LogP contribution >= 0.6 is 11.6 Å². The van der Waals surface area contributed by atoms with E-state index in [-0.39, 0.29) is 5.41 Å². The smallest absolute Gasteiger partial charge is 0.335 e. The highest BCUT2D eigenvalue weighted by Crippen LogP contribution is 2.43. The summed E-state index contributed by atoms with van der Waals surface area (Å²) >= 11 is 5.98. The van der Waals surface area contributed by atoms with E-state index in [2.05, 4.69) is 17.4 Å². The summed E-state index contributed by atoms with van der Waals surface area (Å²) in [5.41, 5.74) is 2.85.